The lowest BCUT2D eigenvalue weighted by atomic mass is 10.2. The Morgan fingerprint density at radius 3 is 2.58 bits per heavy atom. The van der Waals surface area contributed by atoms with E-state index < -0.39 is 11.8 Å². The number of alkyl halides is 2. The van der Waals surface area contributed by atoms with Crippen LogP contribution in [-0.4, -0.2) is 27.1 Å². The zero-order valence-electron chi connectivity index (χ0n) is 14.7. The molecular formula is C19H20F2N4O. The van der Waals surface area contributed by atoms with E-state index in [9.17, 15) is 13.6 Å². The second-order valence-electron chi connectivity index (χ2n) is 6.97. The average Bonchev–Trinajstić information content (AvgIpc) is 3.17. The van der Waals surface area contributed by atoms with Crippen molar-refractivity contribution in [3.63, 3.8) is 0 Å². The summed E-state index contributed by atoms with van der Waals surface area (Å²) >= 11 is 0. The molecule has 2 aromatic heterocycles. The number of pyridine rings is 1. The van der Waals surface area contributed by atoms with Crippen LogP contribution in [0.2, 0.25) is 0 Å². The summed E-state index contributed by atoms with van der Waals surface area (Å²) < 4.78 is 29.3. The molecule has 26 heavy (non-hydrogen) atoms. The van der Waals surface area contributed by atoms with Gasteiger partial charge in [-0.1, -0.05) is 30.3 Å². The highest BCUT2D eigenvalue weighted by molar-refractivity contribution is 5.74. The Morgan fingerprint density at radius 2 is 1.92 bits per heavy atom. The van der Waals surface area contributed by atoms with E-state index in [0.29, 0.717) is 17.7 Å². The molecule has 0 aliphatic heterocycles. The van der Waals surface area contributed by atoms with Crippen LogP contribution in [0.15, 0.2) is 47.3 Å². The molecule has 2 heterocycles. The van der Waals surface area contributed by atoms with Gasteiger partial charge in [-0.15, -0.1) is 0 Å². The summed E-state index contributed by atoms with van der Waals surface area (Å²) in [6.07, 6.45) is -0.152. The maximum absolute atomic E-state index is 13.3. The molecule has 4 rings (SSSR count). The Kier molecular flexibility index (Phi) is 3.82. The van der Waals surface area contributed by atoms with E-state index in [2.05, 4.69) is 4.98 Å². The van der Waals surface area contributed by atoms with Crippen LogP contribution in [0.1, 0.15) is 12.0 Å². The summed E-state index contributed by atoms with van der Waals surface area (Å²) in [5.41, 5.74) is 1.95. The maximum Gasteiger partial charge on any atom is 0.330 e. The monoisotopic (exact) mass is 358 g/mol. The highest BCUT2D eigenvalue weighted by Crippen LogP contribution is 2.49. The van der Waals surface area contributed by atoms with E-state index in [1.807, 2.05) is 48.3 Å². The summed E-state index contributed by atoms with van der Waals surface area (Å²) in [7, 11) is 3.56. The van der Waals surface area contributed by atoms with Crippen LogP contribution in [0, 0.1) is 5.92 Å². The second kappa shape index (κ2) is 5.93. The van der Waals surface area contributed by atoms with Gasteiger partial charge in [0.15, 0.2) is 5.65 Å². The van der Waals surface area contributed by atoms with Crippen LogP contribution >= 0.6 is 0 Å². The molecule has 0 N–H and O–H groups in total. The van der Waals surface area contributed by atoms with Crippen molar-refractivity contribution >= 4 is 17.0 Å². The third-order valence-electron chi connectivity index (χ3n) is 4.98. The molecule has 136 valence electrons. The summed E-state index contributed by atoms with van der Waals surface area (Å²) in [6, 6.07) is 13.6. The zero-order valence-corrected chi connectivity index (χ0v) is 14.7. The Bertz CT molecular complexity index is 1010. The van der Waals surface area contributed by atoms with E-state index in [1.165, 1.54) is 9.13 Å². The van der Waals surface area contributed by atoms with Gasteiger partial charge in [0.05, 0.1) is 5.52 Å². The summed E-state index contributed by atoms with van der Waals surface area (Å²) in [5.74, 6) is -2.68. The lowest BCUT2D eigenvalue weighted by Gasteiger charge is -2.18. The Labute approximate surface area is 149 Å². The van der Waals surface area contributed by atoms with Crippen molar-refractivity contribution in [2.75, 3.05) is 11.9 Å². The molecule has 0 bridgehead atoms. The standard InChI is InChI=1S/C19H20F2N4O/c1-23(11-13-6-4-3-5-7-13)16-9-8-15-17(22-16)24(2)18(26)25(15)12-14-10-19(14,20)21/h3-9,14H,10-12H2,1-2H3. The number of benzene rings is 1. The van der Waals surface area contributed by atoms with E-state index in [-0.39, 0.29) is 18.7 Å². The molecule has 0 spiro atoms. The normalized spacial score (nSPS) is 18.2. The van der Waals surface area contributed by atoms with Gasteiger partial charge in [-0.3, -0.25) is 9.13 Å². The number of halogens is 2. The van der Waals surface area contributed by atoms with Gasteiger partial charge in [-0.2, -0.15) is 0 Å². The number of aryl methyl sites for hydroxylation is 1. The smallest absolute Gasteiger partial charge is 0.330 e. The van der Waals surface area contributed by atoms with Gasteiger partial charge in [0.1, 0.15) is 5.82 Å². The van der Waals surface area contributed by atoms with Gasteiger partial charge in [-0.25, -0.2) is 18.6 Å². The number of aromatic nitrogens is 3. The van der Waals surface area contributed by atoms with E-state index >= 15 is 0 Å². The Balaban J connectivity index is 1.65. The lowest BCUT2D eigenvalue weighted by Crippen LogP contribution is -2.23. The Hall–Kier alpha value is -2.70. The molecule has 0 radical (unpaired) electrons. The van der Waals surface area contributed by atoms with Gasteiger partial charge in [0.25, 0.3) is 5.92 Å². The first-order valence-corrected chi connectivity index (χ1v) is 8.56. The first-order valence-electron chi connectivity index (χ1n) is 8.56. The van der Waals surface area contributed by atoms with Crippen molar-refractivity contribution in [3.05, 3.63) is 58.5 Å². The minimum absolute atomic E-state index is 0.0318. The molecular weight excluding hydrogens is 338 g/mol. The lowest BCUT2D eigenvalue weighted by molar-refractivity contribution is 0.0951. The molecule has 5 nitrogen and oxygen atoms in total. The van der Waals surface area contributed by atoms with Crippen molar-refractivity contribution in [3.8, 4) is 0 Å². The number of rotatable bonds is 5. The Morgan fingerprint density at radius 1 is 1.23 bits per heavy atom. The van der Waals surface area contributed by atoms with Crippen LogP contribution in [-0.2, 0) is 20.1 Å². The number of hydrogen-bond acceptors (Lipinski definition) is 3. The summed E-state index contributed by atoms with van der Waals surface area (Å²) in [4.78, 5) is 19.1. The predicted octanol–water partition coefficient (Wildman–Crippen LogP) is 3.03. The molecule has 0 saturated heterocycles. The van der Waals surface area contributed by atoms with Crippen LogP contribution in [0.25, 0.3) is 11.2 Å². The van der Waals surface area contributed by atoms with Crippen molar-refractivity contribution in [2.24, 2.45) is 13.0 Å². The average molecular weight is 358 g/mol. The quantitative estimate of drug-likeness (QED) is 0.704. The molecule has 1 unspecified atom stereocenters. The molecule has 7 heteroatoms. The summed E-state index contributed by atoms with van der Waals surface area (Å²) in [6.45, 7) is 0.715. The topological polar surface area (TPSA) is 43.1 Å². The zero-order chi connectivity index (χ0) is 18.5. The van der Waals surface area contributed by atoms with Crippen LogP contribution in [0.4, 0.5) is 14.6 Å². The van der Waals surface area contributed by atoms with Crippen LogP contribution in [0.5, 0.6) is 0 Å². The molecule has 1 saturated carbocycles. The third-order valence-corrected chi connectivity index (χ3v) is 4.98. The van der Waals surface area contributed by atoms with Crippen molar-refractivity contribution in [1.29, 1.82) is 0 Å². The first kappa shape index (κ1) is 16.8. The van der Waals surface area contributed by atoms with Gasteiger partial charge >= 0.3 is 5.69 Å². The van der Waals surface area contributed by atoms with Gasteiger partial charge in [0, 0.05) is 39.5 Å². The minimum atomic E-state index is -2.65. The SMILES string of the molecule is CN(Cc1ccccc1)c1ccc2c(n1)n(C)c(=O)n2CC1CC1(F)F. The highest BCUT2D eigenvalue weighted by atomic mass is 19.3. The molecule has 1 aliphatic carbocycles. The van der Waals surface area contributed by atoms with Crippen molar-refractivity contribution in [2.45, 2.75) is 25.4 Å². The van der Waals surface area contributed by atoms with Crippen molar-refractivity contribution < 1.29 is 8.78 Å². The molecule has 1 fully saturated rings. The molecule has 3 aromatic rings. The third kappa shape index (κ3) is 2.87. The number of hydrogen-bond donors (Lipinski definition) is 0. The van der Waals surface area contributed by atoms with E-state index in [0.717, 1.165) is 11.4 Å². The van der Waals surface area contributed by atoms with Gasteiger partial charge < -0.3 is 4.90 Å². The van der Waals surface area contributed by atoms with Crippen LogP contribution in [0.3, 0.4) is 0 Å². The van der Waals surface area contributed by atoms with Crippen LogP contribution < -0.4 is 10.6 Å². The number of fused-ring (bicyclic) bond motifs is 1. The van der Waals surface area contributed by atoms with Gasteiger partial charge in [0.2, 0.25) is 0 Å². The fraction of sp³-hybridized carbons (Fsp3) is 0.368. The maximum atomic E-state index is 13.3. The van der Waals surface area contributed by atoms with E-state index in [1.54, 1.807) is 13.1 Å². The molecule has 1 aliphatic rings. The highest BCUT2D eigenvalue weighted by Gasteiger charge is 2.57. The predicted molar refractivity (Wildman–Crippen MR) is 96.6 cm³/mol. The van der Waals surface area contributed by atoms with Crippen molar-refractivity contribution in [1.82, 2.24) is 14.1 Å². The van der Waals surface area contributed by atoms with Gasteiger partial charge in [-0.05, 0) is 17.7 Å². The minimum Gasteiger partial charge on any atom is -0.355 e. The number of imidazole rings is 1. The fourth-order valence-corrected chi connectivity index (χ4v) is 3.28. The fourth-order valence-electron chi connectivity index (χ4n) is 3.28. The van der Waals surface area contributed by atoms with E-state index in [4.69, 9.17) is 0 Å². The number of nitrogens with zero attached hydrogens (tertiary/aromatic N) is 4. The second-order valence-corrected chi connectivity index (χ2v) is 6.97. The molecule has 0 amide bonds. The number of anilines is 1. The molecule has 1 atom stereocenters. The first-order chi connectivity index (χ1) is 12.4. The summed E-state index contributed by atoms with van der Waals surface area (Å²) in [5, 5.41) is 0. The largest absolute Gasteiger partial charge is 0.355 e. The molecule has 1 aromatic carbocycles.